The highest BCUT2D eigenvalue weighted by Gasteiger charge is 2.37. The molecular formula is C29H33N3O2S. The van der Waals surface area contributed by atoms with Gasteiger partial charge in [0.15, 0.2) is 5.78 Å². The standard InChI is InChI=1S/C29H33N3O2S/c1-21(33)28-17-24(20-35-28)29(34)32-16-14-27-23(19-32)7-6-15-31(27)18-22-10-12-26(13-11-22)30(2)25-8-4-3-5-9-25/h3-5,8-13,17,20,23,27H,6-7,14-16,18-19H2,1-2H3/t23-,27+/m1/s1. The Morgan fingerprint density at radius 3 is 2.46 bits per heavy atom. The average molecular weight is 488 g/mol. The van der Waals surface area contributed by atoms with Gasteiger partial charge in [-0.1, -0.05) is 30.3 Å². The van der Waals surface area contributed by atoms with Crippen molar-refractivity contribution in [3.63, 3.8) is 0 Å². The molecule has 3 heterocycles. The normalized spacial score (nSPS) is 20.3. The lowest BCUT2D eigenvalue weighted by Gasteiger charge is -2.47. The van der Waals surface area contributed by atoms with Crippen LogP contribution in [-0.2, 0) is 6.54 Å². The number of fused-ring (bicyclic) bond motifs is 1. The van der Waals surface area contributed by atoms with Gasteiger partial charge in [-0.05, 0) is 74.5 Å². The SMILES string of the molecule is CC(=O)c1cc(C(=O)N2CC[C@H]3[C@H](CCCN3Cc3ccc(N(C)c4ccccc4)cc3)C2)cs1. The lowest BCUT2D eigenvalue weighted by atomic mass is 9.83. The van der Waals surface area contributed by atoms with Crippen LogP contribution in [0.3, 0.4) is 0 Å². The van der Waals surface area contributed by atoms with Crippen molar-refractivity contribution in [2.75, 3.05) is 31.6 Å². The molecule has 5 rings (SSSR count). The summed E-state index contributed by atoms with van der Waals surface area (Å²) in [6, 6.07) is 21.6. The number of likely N-dealkylation sites (tertiary alicyclic amines) is 2. The Morgan fingerprint density at radius 2 is 1.74 bits per heavy atom. The van der Waals surface area contributed by atoms with Crippen LogP contribution in [-0.4, -0.2) is 54.2 Å². The summed E-state index contributed by atoms with van der Waals surface area (Å²) in [4.78, 5) is 32.2. The van der Waals surface area contributed by atoms with Gasteiger partial charge in [0.1, 0.15) is 0 Å². The fraction of sp³-hybridized carbons (Fsp3) is 0.379. The number of rotatable bonds is 6. The van der Waals surface area contributed by atoms with E-state index in [4.69, 9.17) is 0 Å². The Labute approximate surface area is 212 Å². The van der Waals surface area contributed by atoms with E-state index in [9.17, 15) is 9.59 Å². The summed E-state index contributed by atoms with van der Waals surface area (Å²) in [5.41, 5.74) is 4.36. The summed E-state index contributed by atoms with van der Waals surface area (Å²) in [6.45, 7) is 5.22. The molecule has 5 nitrogen and oxygen atoms in total. The third kappa shape index (κ3) is 5.19. The van der Waals surface area contributed by atoms with Gasteiger partial charge in [-0.15, -0.1) is 11.3 Å². The smallest absolute Gasteiger partial charge is 0.254 e. The molecule has 2 atom stereocenters. The number of benzene rings is 2. The van der Waals surface area contributed by atoms with Crippen LogP contribution >= 0.6 is 11.3 Å². The molecule has 0 spiro atoms. The van der Waals surface area contributed by atoms with E-state index in [-0.39, 0.29) is 11.7 Å². The van der Waals surface area contributed by atoms with E-state index in [0.29, 0.717) is 22.4 Å². The minimum absolute atomic E-state index is 0.0235. The van der Waals surface area contributed by atoms with E-state index >= 15 is 0 Å². The van der Waals surface area contributed by atoms with E-state index in [2.05, 4.69) is 65.4 Å². The van der Waals surface area contributed by atoms with Gasteiger partial charge < -0.3 is 9.80 Å². The number of para-hydroxylation sites is 1. The van der Waals surface area contributed by atoms with Gasteiger partial charge in [0.25, 0.3) is 5.91 Å². The first-order chi connectivity index (χ1) is 17.0. The minimum atomic E-state index is 0.0235. The first-order valence-corrected chi connectivity index (χ1v) is 13.4. The number of thiophene rings is 1. The zero-order valence-corrected chi connectivity index (χ0v) is 21.3. The first-order valence-electron chi connectivity index (χ1n) is 12.5. The van der Waals surface area contributed by atoms with Crippen LogP contribution in [0.15, 0.2) is 66.0 Å². The maximum atomic E-state index is 13.1. The lowest BCUT2D eigenvalue weighted by Crippen LogP contribution is -2.54. The number of amides is 1. The topological polar surface area (TPSA) is 43.9 Å². The molecule has 3 aromatic rings. The first kappa shape index (κ1) is 23.8. The Hall–Kier alpha value is -2.96. The van der Waals surface area contributed by atoms with Crippen molar-refractivity contribution in [3.8, 4) is 0 Å². The third-order valence-corrected chi connectivity index (χ3v) is 8.55. The highest BCUT2D eigenvalue weighted by molar-refractivity contribution is 7.12. The zero-order chi connectivity index (χ0) is 24.4. The van der Waals surface area contributed by atoms with Crippen molar-refractivity contribution < 1.29 is 9.59 Å². The van der Waals surface area contributed by atoms with Gasteiger partial charge in [-0.3, -0.25) is 14.5 Å². The number of carbonyl (C=O) groups excluding carboxylic acids is 2. The van der Waals surface area contributed by atoms with Gasteiger partial charge >= 0.3 is 0 Å². The molecule has 6 heteroatoms. The molecule has 2 aromatic carbocycles. The summed E-state index contributed by atoms with van der Waals surface area (Å²) in [5, 5.41) is 1.83. The highest BCUT2D eigenvalue weighted by atomic mass is 32.1. The molecule has 2 aliphatic rings. The van der Waals surface area contributed by atoms with Crippen LogP contribution in [0.4, 0.5) is 11.4 Å². The molecule has 2 fully saturated rings. The van der Waals surface area contributed by atoms with Crippen LogP contribution < -0.4 is 4.90 Å². The quantitative estimate of drug-likeness (QED) is 0.410. The van der Waals surface area contributed by atoms with Gasteiger partial charge in [-0.25, -0.2) is 0 Å². The third-order valence-electron chi connectivity index (χ3n) is 7.52. The van der Waals surface area contributed by atoms with Crippen LogP contribution in [0.2, 0.25) is 0 Å². The summed E-state index contributed by atoms with van der Waals surface area (Å²) in [5.74, 6) is 0.605. The monoisotopic (exact) mass is 487 g/mol. The Kier molecular flexibility index (Phi) is 7.02. The van der Waals surface area contributed by atoms with Crippen LogP contribution in [0.5, 0.6) is 0 Å². The summed E-state index contributed by atoms with van der Waals surface area (Å²) in [7, 11) is 2.10. The molecular weight excluding hydrogens is 454 g/mol. The average Bonchev–Trinajstić information content (AvgIpc) is 3.40. The number of carbonyl (C=O) groups is 2. The number of piperidine rings is 2. The molecule has 0 N–H and O–H groups in total. The number of Topliss-reactive ketones (excluding diaryl/α,β-unsaturated/α-hetero) is 1. The molecule has 0 bridgehead atoms. The van der Waals surface area contributed by atoms with Crippen molar-refractivity contribution in [3.05, 3.63) is 82.0 Å². The van der Waals surface area contributed by atoms with Crippen LogP contribution in [0, 0.1) is 5.92 Å². The molecule has 1 aromatic heterocycles. The number of anilines is 2. The molecule has 2 saturated heterocycles. The van der Waals surface area contributed by atoms with E-state index < -0.39 is 0 Å². The van der Waals surface area contributed by atoms with E-state index in [1.807, 2.05) is 16.3 Å². The number of ketones is 1. The molecule has 0 unspecified atom stereocenters. The van der Waals surface area contributed by atoms with Crippen LogP contribution in [0.25, 0.3) is 0 Å². The largest absolute Gasteiger partial charge is 0.345 e. The fourth-order valence-electron chi connectivity index (χ4n) is 5.56. The van der Waals surface area contributed by atoms with Crippen molar-refractivity contribution in [2.45, 2.75) is 38.8 Å². The second-order valence-electron chi connectivity index (χ2n) is 9.80. The molecule has 0 radical (unpaired) electrons. The van der Waals surface area contributed by atoms with Crippen molar-refractivity contribution >= 4 is 34.4 Å². The van der Waals surface area contributed by atoms with Gasteiger partial charge in [0, 0.05) is 49.5 Å². The summed E-state index contributed by atoms with van der Waals surface area (Å²) < 4.78 is 0. The molecule has 35 heavy (non-hydrogen) atoms. The zero-order valence-electron chi connectivity index (χ0n) is 20.5. The van der Waals surface area contributed by atoms with Gasteiger partial charge in [-0.2, -0.15) is 0 Å². The van der Waals surface area contributed by atoms with Crippen LogP contribution in [0.1, 0.15) is 51.8 Å². The highest BCUT2D eigenvalue weighted by Crippen LogP contribution is 2.33. The maximum absolute atomic E-state index is 13.1. The van der Waals surface area contributed by atoms with E-state index in [1.54, 1.807) is 13.0 Å². The second-order valence-corrected chi connectivity index (χ2v) is 10.7. The second kappa shape index (κ2) is 10.3. The number of hydrogen-bond donors (Lipinski definition) is 0. The molecule has 0 saturated carbocycles. The van der Waals surface area contributed by atoms with Gasteiger partial charge in [0.05, 0.1) is 10.4 Å². The number of hydrogen-bond acceptors (Lipinski definition) is 5. The number of nitrogens with zero attached hydrogens (tertiary/aromatic N) is 3. The van der Waals surface area contributed by atoms with Crippen molar-refractivity contribution in [1.82, 2.24) is 9.80 Å². The molecule has 2 aliphatic heterocycles. The Morgan fingerprint density at radius 1 is 1.00 bits per heavy atom. The predicted octanol–water partition coefficient (Wildman–Crippen LogP) is 5.85. The van der Waals surface area contributed by atoms with Crippen molar-refractivity contribution in [1.29, 1.82) is 0 Å². The van der Waals surface area contributed by atoms with Gasteiger partial charge in [0.2, 0.25) is 0 Å². The predicted molar refractivity (Wildman–Crippen MR) is 143 cm³/mol. The minimum Gasteiger partial charge on any atom is -0.345 e. The molecule has 1 amide bonds. The Bertz CT molecular complexity index is 1170. The maximum Gasteiger partial charge on any atom is 0.254 e. The summed E-state index contributed by atoms with van der Waals surface area (Å²) in [6.07, 6.45) is 3.36. The van der Waals surface area contributed by atoms with E-state index in [0.717, 1.165) is 32.6 Å². The van der Waals surface area contributed by atoms with E-state index in [1.165, 1.54) is 41.1 Å². The van der Waals surface area contributed by atoms with Crippen molar-refractivity contribution in [2.24, 2.45) is 5.92 Å². The molecule has 0 aliphatic carbocycles. The lowest BCUT2D eigenvalue weighted by molar-refractivity contribution is 0.0175. The summed E-state index contributed by atoms with van der Waals surface area (Å²) >= 11 is 1.37. The fourth-order valence-corrected chi connectivity index (χ4v) is 6.35. The molecule has 182 valence electrons. The Balaban J connectivity index is 1.21.